The molecule has 1 nitrogen and oxygen atoms in total. The number of rotatable bonds is 6. The van der Waals surface area contributed by atoms with E-state index < -0.39 is 0 Å². The predicted molar refractivity (Wildman–Crippen MR) is 78.9 cm³/mol. The van der Waals surface area contributed by atoms with Crippen LogP contribution in [0.5, 0.6) is 0 Å². The largest absolute Gasteiger partial charge is 0.314 e. The molecule has 0 amide bonds. The average Bonchev–Trinajstić information content (AvgIpc) is 2.33. The first-order valence-electron chi connectivity index (χ1n) is 7.48. The Morgan fingerprint density at radius 2 is 1.89 bits per heavy atom. The van der Waals surface area contributed by atoms with Gasteiger partial charge in [-0.05, 0) is 30.7 Å². The highest BCUT2D eigenvalue weighted by atomic mass is 14.9. The minimum absolute atomic E-state index is 0.351. The van der Waals surface area contributed by atoms with E-state index in [1.807, 2.05) is 0 Å². The molecule has 0 spiro atoms. The topological polar surface area (TPSA) is 12.0 Å². The van der Waals surface area contributed by atoms with Crippen molar-refractivity contribution in [2.45, 2.75) is 57.9 Å². The summed E-state index contributed by atoms with van der Waals surface area (Å²) in [5.41, 5.74) is 1.88. The Morgan fingerprint density at radius 3 is 2.33 bits per heavy atom. The van der Waals surface area contributed by atoms with Gasteiger partial charge in [-0.1, -0.05) is 57.5 Å². The van der Waals surface area contributed by atoms with Gasteiger partial charge in [0.25, 0.3) is 0 Å². The summed E-state index contributed by atoms with van der Waals surface area (Å²) in [7, 11) is 0. The smallest absolute Gasteiger partial charge is 0.0103 e. The molecule has 18 heavy (non-hydrogen) atoms. The molecule has 1 saturated carbocycles. The Bertz CT molecular complexity index is 353. The van der Waals surface area contributed by atoms with E-state index >= 15 is 0 Å². The third kappa shape index (κ3) is 2.61. The first-order valence-corrected chi connectivity index (χ1v) is 7.48. The van der Waals surface area contributed by atoms with Crippen molar-refractivity contribution in [3.8, 4) is 0 Å². The van der Waals surface area contributed by atoms with Crippen LogP contribution in [0.25, 0.3) is 0 Å². The zero-order chi connectivity index (χ0) is 13.0. The van der Waals surface area contributed by atoms with E-state index in [0.29, 0.717) is 11.5 Å². The monoisotopic (exact) mass is 245 g/mol. The highest BCUT2D eigenvalue weighted by molar-refractivity contribution is 5.28. The van der Waals surface area contributed by atoms with Crippen LogP contribution in [-0.4, -0.2) is 12.6 Å². The van der Waals surface area contributed by atoms with Crippen LogP contribution >= 0.6 is 0 Å². The quantitative estimate of drug-likeness (QED) is 0.794. The van der Waals surface area contributed by atoms with E-state index in [9.17, 15) is 0 Å². The van der Waals surface area contributed by atoms with Gasteiger partial charge in [0.1, 0.15) is 0 Å². The molecule has 0 aliphatic heterocycles. The van der Waals surface area contributed by atoms with Crippen molar-refractivity contribution in [2.75, 3.05) is 6.54 Å². The van der Waals surface area contributed by atoms with Crippen LogP contribution in [0.4, 0.5) is 0 Å². The van der Waals surface area contributed by atoms with E-state index in [-0.39, 0.29) is 0 Å². The van der Waals surface area contributed by atoms with Gasteiger partial charge in [0.05, 0.1) is 0 Å². The minimum Gasteiger partial charge on any atom is -0.314 e. The molecule has 1 aliphatic carbocycles. The minimum atomic E-state index is 0.351. The van der Waals surface area contributed by atoms with Gasteiger partial charge in [0.2, 0.25) is 0 Å². The standard InChI is InChI=1S/C17H27N/c1-4-17(13-18-14(2)3,16-11-8-12-16)15-9-6-5-7-10-15/h5-7,9-10,14,16,18H,4,8,11-13H2,1-3H3. The first-order chi connectivity index (χ1) is 8.69. The molecule has 1 unspecified atom stereocenters. The molecule has 1 aromatic rings. The second kappa shape index (κ2) is 5.88. The molecular weight excluding hydrogens is 218 g/mol. The maximum atomic E-state index is 3.68. The first kappa shape index (κ1) is 13.6. The zero-order valence-electron chi connectivity index (χ0n) is 12.1. The normalized spacial score (nSPS) is 19.6. The Morgan fingerprint density at radius 1 is 1.22 bits per heavy atom. The Balaban J connectivity index is 2.25. The van der Waals surface area contributed by atoms with Crippen molar-refractivity contribution >= 4 is 0 Å². The summed E-state index contributed by atoms with van der Waals surface area (Å²) in [6.07, 6.45) is 5.47. The number of hydrogen-bond acceptors (Lipinski definition) is 1. The number of benzene rings is 1. The highest BCUT2D eigenvalue weighted by Crippen LogP contribution is 2.46. The van der Waals surface area contributed by atoms with Gasteiger partial charge >= 0.3 is 0 Å². The summed E-state index contributed by atoms with van der Waals surface area (Å²) in [5, 5.41) is 3.68. The van der Waals surface area contributed by atoms with Crippen LogP contribution in [-0.2, 0) is 5.41 Å². The second-order valence-electron chi connectivity index (χ2n) is 6.04. The fraction of sp³-hybridized carbons (Fsp3) is 0.647. The van der Waals surface area contributed by atoms with Gasteiger partial charge in [0.15, 0.2) is 0 Å². The summed E-state index contributed by atoms with van der Waals surface area (Å²) in [6, 6.07) is 11.7. The molecule has 1 heteroatoms. The van der Waals surface area contributed by atoms with Crippen molar-refractivity contribution < 1.29 is 0 Å². The average molecular weight is 245 g/mol. The van der Waals surface area contributed by atoms with Crippen molar-refractivity contribution in [3.63, 3.8) is 0 Å². The van der Waals surface area contributed by atoms with Gasteiger partial charge in [-0.15, -0.1) is 0 Å². The van der Waals surface area contributed by atoms with Crippen LogP contribution < -0.4 is 5.32 Å². The molecule has 1 N–H and O–H groups in total. The van der Waals surface area contributed by atoms with Crippen LogP contribution in [0.2, 0.25) is 0 Å². The number of nitrogens with one attached hydrogen (secondary N) is 1. The summed E-state index contributed by atoms with van der Waals surface area (Å²) >= 11 is 0. The molecule has 100 valence electrons. The molecule has 0 aromatic heterocycles. The van der Waals surface area contributed by atoms with Crippen LogP contribution in [0.15, 0.2) is 30.3 Å². The highest BCUT2D eigenvalue weighted by Gasteiger charge is 2.41. The lowest BCUT2D eigenvalue weighted by atomic mass is 9.60. The van der Waals surface area contributed by atoms with E-state index in [2.05, 4.69) is 56.4 Å². The van der Waals surface area contributed by atoms with E-state index in [1.165, 1.54) is 31.2 Å². The van der Waals surface area contributed by atoms with Crippen molar-refractivity contribution in [1.82, 2.24) is 5.32 Å². The molecular formula is C17H27N. The van der Waals surface area contributed by atoms with Crippen molar-refractivity contribution in [3.05, 3.63) is 35.9 Å². The molecule has 0 saturated heterocycles. The van der Waals surface area contributed by atoms with Gasteiger partial charge in [-0.25, -0.2) is 0 Å². The van der Waals surface area contributed by atoms with Gasteiger partial charge in [0, 0.05) is 18.0 Å². The summed E-state index contributed by atoms with van der Waals surface area (Å²) < 4.78 is 0. The van der Waals surface area contributed by atoms with Crippen LogP contribution in [0, 0.1) is 5.92 Å². The third-order valence-corrected chi connectivity index (χ3v) is 4.69. The Hall–Kier alpha value is -0.820. The molecule has 0 radical (unpaired) electrons. The molecule has 1 atom stereocenters. The molecule has 0 heterocycles. The number of hydrogen-bond donors (Lipinski definition) is 1. The lowest BCUT2D eigenvalue weighted by Crippen LogP contribution is -2.48. The molecule has 0 bridgehead atoms. The lowest BCUT2D eigenvalue weighted by Gasteiger charge is -2.46. The Kier molecular flexibility index (Phi) is 4.45. The van der Waals surface area contributed by atoms with Gasteiger partial charge in [-0.3, -0.25) is 0 Å². The van der Waals surface area contributed by atoms with E-state index in [4.69, 9.17) is 0 Å². The van der Waals surface area contributed by atoms with Gasteiger partial charge < -0.3 is 5.32 Å². The van der Waals surface area contributed by atoms with Crippen molar-refractivity contribution in [2.24, 2.45) is 5.92 Å². The molecule has 1 aliphatic rings. The van der Waals surface area contributed by atoms with E-state index in [1.54, 1.807) is 0 Å². The zero-order valence-corrected chi connectivity index (χ0v) is 12.1. The Labute approximate surface area is 112 Å². The molecule has 1 aromatic carbocycles. The fourth-order valence-electron chi connectivity index (χ4n) is 3.22. The SMILES string of the molecule is CCC(CNC(C)C)(c1ccccc1)C1CCC1. The maximum Gasteiger partial charge on any atom is 0.0103 e. The summed E-state index contributed by atoms with van der Waals surface area (Å²) in [5.74, 6) is 0.871. The maximum absolute atomic E-state index is 3.68. The van der Waals surface area contributed by atoms with Gasteiger partial charge in [-0.2, -0.15) is 0 Å². The van der Waals surface area contributed by atoms with E-state index in [0.717, 1.165) is 12.5 Å². The summed E-state index contributed by atoms with van der Waals surface area (Å²) in [4.78, 5) is 0. The molecule has 1 fully saturated rings. The van der Waals surface area contributed by atoms with Crippen molar-refractivity contribution in [1.29, 1.82) is 0 Å². The lowest BCUT2D eigenvalue weighted by molar-refractivity contribution is 0.149. The third-order valence-electron chi connectivity index (χ3n) is 4.69. The van der Waals surface area contributed by atoms with Crippen LogP contribution in [0.3, 0.4) is 0 Å². The fourth-order valence-corrected chi connectivity index (χ4v) is 3.22. The predicted octanol–water partition coefficient (Wildman–Crippen LogP) is 4.13. The second-order valence-corrected chi connectivity index (χ2v) is 6.04. The van der Waals surface area contributed by atoms with Crippen LogP contribution in [0.1, 0.15) is 52.0 Å². The summed E-state index contributed by atoms with van der Waals surface area (Å²) in [6.45, 7) is 7.96. The molecule has 2 rings (SSSR count).